The SMILES string of the molecule is CCNC(=NCc1ccc(S(=O)(=O)NC)cc1)N1CCOC(c2cnn(C)c2)C1. The molecular formula is C19H28N6O3S. The molecule has 1 fully saturated rings. The van der Waals surface area contributed by atoms with Gasteiger partial charge in [0.05, 0.1) is 30.8 Å². The third-order valence-electron chi connectivity index (χ3n) is 4.71. The lowest BCUT2D eigenvalue weighted by Crippen LogP contribution is -2.48. The van der Waals surface area contributed by atoms with Crippen LogP contribution in [0.1, 0.15) is 24.2 Å². The van der Waals surface area contributed by atoms with Crippen LogP contribution in [0, 0.1) is 0 Å². The monoisotopic (exact) mass is 420 g/mol. The first-order chi connectivity index (χ1) is 13.9. The van der Waals surface area contributed by atoms with Crippen LogP contribution >= 0.6 is 0 Å². The topological polar surface area (TPSA) is 101 Å². The van der Waals surface area contributed by atoms with Gasteiger partial charge in [0.25, 0.3) is 0 Å². The number of ether oxygens (including phenoxy) is 1. The van der Waals surface area contributed by atoms with Crippen LogP contribution in [0.5, 0.6) is 0 Å². The van der Waals surface area contributed by atoms with Gasteiger partial charge in [-0.25, -0.2) is 18.1 Å². The fraction of sp³-hybridized carbons (Fsp3) is 0.474. The second-order valence-corrected chi connectivity index (χ2v) is 8.66. The van der Waals surface area contributed by atoms with Crippen molar-refractivity contribution >= 4 is 16.0 Å². The molecule has 0 radical (unpaired) electrons. The molecule has 1 saturated heterocycles. The third-order valence-corrected chi connectivity index (χ3v) is 6.14. The predicted octanol–water partition coefficient (Wildman–Crippen LogP) is 0.867. The Kier molecular flexibility index (Phi) is 6.88. The van der Waals surface area contributed by atoms with Crippen LogP contribution in [0.4, 0.5) is 0 Å². The number of nitrogens with zero attached hydrogens (tertiary/aromatic N) is 4. The second-order valence-electron chi connectivity index (χ2n) is 6.77. The fourth-order valence-corrected chi connectivity index (χ4v) is 3.86. The van der Waals surface area contributed by atoms with Crippen molar-refractivity contribution in [1.29, 1.82) is 0 Å². The molecule has 1 aromatic heterocycles. The highest BCUT2D eigenvalue weighted by molar-refractivity contribution is 7.89. The average molecular weight is 421 g/mol. The molecule has 1 atom stereocenters. The third kappa shape index (κ3) is 5.34. The molecule has 0 saturated carbocycles. The molecular weight excluding hydrogens is 392 g/mol. The first-order valence-corrected chi connectivity index (χ1v) is 11.1. The molecule has 2 heterocycles. The minimum Gasteiger partial charge on any atom is -0.370 e. The Hall–Kier alpha value is -2.43. The van der Waals surface area contributed by atoms with Gasteiger partial charge in [-0.3, -0.25) is 4.68 Å². The summed E-state index contributed by atoms with van der Waals surface area (Å²) in [5.41, 5.74) is 1.99. The van der Waals surface area contributed by atoms with Crippen LogP contribution in [0.2, 0.25) is 0 Å². The number of benzene rings is 1. The molecule has 1 unspecified atom stereocenters. The van der Waals surface area contributed by atoms with Gasteiger partial charge in [-0.15, -0.1) is 0 Å². The lowest BCUT2D eigenvalue weighted by Gasteiger charge is -2.34. The largest absolute Gasteiger partial charge is 0.370 e. The van der Waals surface area contributed by atoms with E-state index in [0.29, 0.717) is 19.7 Å². The number of nitrogens with one attached hydrogen (secondary N) is 2. The first-order valence-electron chi connectivity index (χ1n) is 9.59. The molecule has 9 nitrogen and oxygen atoms in total. The van der Waals surface area contributed by atoms with Crippen molar-refractivity contribution in [3.63, 3.8) is 0 Å². The van der Waals surface area contributed by atoms with Crippen molar-refractivity contribution in [1.82, 2.24) is 24.7 Å². The minimum atomic E-state index is -3.43. The second kappa shape index (κ2) is 9.38. The summed E-state index contributed by atoms with van der Waals surface area (Å²) in [6.45, 7) is 5.30. The zero-order chi connectivity index (χ0) is 20.9. The van der Waals surface area contributed by atoms with Gasteiger partial charge >= 0.3 is 0 Å². The van der Waals surface area contributed by atoms with Gasteiger partial charge in [0.1, 0.15) is 6.10 Å². The molecule has 0 bridgehead atoms. The number of aliphatic imine (C=N–C) groups is 1. The molecule has 10 heteroatoms. The molecule has 1 aliphatic heterocycles. The summed E-state index contributed by atoms with van der Waals surface area (Å²) in [4.78, 5) is 7.17. The van der Waals surface area contributed by atoms with Crippen LogP contribution in [0.15, 0.2) is 46.5 Å². The highest BCUT2D eigenvalue weighted by atomic mass is 32.2. The number of guanidine groups is 1. The van der Waals surface area contributed by atoms with Gasteiger partial charge in [-0.1, -0.05) is 12.1 Å². The Morgan fingerprint density at radius 2 is 2.10 bits per heavy atom. The van der Waals surface area contributed by atoms with Crippen molar-refractivity contribution < 1.29 is 13.2 Å². The minimum absolute atomic E-state index is 0.0488. The maximum absolute atomic E-state index is 11.8. The van der Waals surface area contributed by atoms with E-state index in [1.54, 1.807) is 28.9 Å². The number of rotatable bonds is 6. The highest BCUT2D eigenvalue weighted by Gasteiger charge is 2.25. The molecule has 2 aromatic rings. The highest BCUT2D eigenvalue weighted by Crippen LogP contribution is 2.21. The summed E-state index contributed by atoms with van der Waals surface area (Å²) >= 11 is 0. The van der Waals surface area contributed by atoms with Crippen LogP contribution in [-0.2, 0) is 28.4 Å². The van der Waals surface area contributed by atoms with Gasteiger partial charge < -0.3 is 15.0 Å². The van der Waals surface area contributed by atoms with Crippen molar-refractivity contribution in [2.45, 2.75) is 24.5 Å². The Bertz CT molecular complexity index is 939. The predicted molar refractivity (Wildman–Crippen MR) is 111 cm³/mol. The summed E-state index contributed by atoms with van der Waals surface area (Å²) in [7, 11) is -0.138. The summed E-state index contributed by atoms with van der Waals surface area (Å²) < 4.78 is 33.7. The smallest absolute Gasteiger partial charge is 0.240 e. The molecule has 0 amide bonds. The van der Waals surface area contributed by atoms with E-state index in [1.807, 2.05) is 26.4 Å². The van der Waals surface area contributed by atoms with E-state index in [0.717, 1.165) is 30.2 Å². The standard InChI is InChI=1S/C19H28N6O3S/c1-4-21-19(22-11-15-5-7-17(8-6-15)29(26,27)20-2)25-9-10-28-18(14-25)16-12-23-24(3)13-16/h5-8,12-13,18,20H,4,9-11,14H2,1-3H3,(H,21,22). The van der Waals surface area contributed by atoms with Gasteiger partial charge in [-0.05, 0) is 31.7 Å². The molecule has 1 aromatic carbocycles. The number of aryl methyl sites for hydroxylation is 1. The molecule has 2 N–H and O–H groups in total. The number of morpholine rings is 1. The summed E-state index contributed by atoms with van der Waals surface area (Å²) in [6, 6.07) is 6.76. The molecule has 29 heavy (non-hydrogen) atoms. The van der Waals surface area contributed by atoms with Crippen molar-refractivity contribution in [2.24, 2.45) is 12.0 Å². The molecule has 0 aliphatic carbocycles. The van der Waals surface area contributed by atoms with E-state index in [-0.39, 0.29) is 11.0 Å². The number of hydrogen-bond acceptors (Lipinski definition) is 5. The average Bonchev–Trinajstić information content (AvgIpc) is 3.18. The summed E-state index contributed by atoms with van der Waals surface area (Å²) in [6.07, 6.45) is 3.75. The Morgan fingerprint density at radius 1 is 1.34 bits per heavy atom. The van der Waals surface area contributed by atoms with E-state index >= 15 is 0 Å². The zero-order valence-electron chi connectivity index (χ0n) is 17.0. The Labute approximate surface area is 171 Å². The molecule has 1 aliphatic rings. The van der Waals surface area contributed by atoms with Gasteiger partial charge in [0.15, 0.2) is 5.96 Å². The van der Waals surface area contributed by atoms with E-state index in [2.05, 4.69) is 20.0 Å². The van der Waals surface area contributed by atoms with Gasteiger partial charge in [0.2, 0.25) is 10.0 Å². The van der Waals surface area contributed by atoms with Crippen LogP contribution in [0.25, 0.3) is 0 Å². The molecule has 3 rings (SSSR count). The Balaban J connectivity index is 1.70. The summed E-state index contributed by atoms with van der Waals surface area (Å²) in [5, 5.41) is 7.57. The first kappa shape index (κ1) is 21.3. The van der Waals surface area contributed by atoms with E-state index in [4.69, 9.17) is 9.73 Å². The van der Waals surface area contributed by atoms with E-state index in [9.17, 15) is 8.42 Å². The lowest BCUT2D eigenvalue weighted by atomic mass is 10.1. The zero-order valence-corrected chi connectivity index (χ0v) is 17.8. The number of sulfonamides is 1. The maximum Gasteiger partial charge on any atom is 0.240 e. The van der Waals surface area contributed by atoms with Gasteiger partial charge in [-0.2, -0.15) is 5.10 Å². The van der Waals surface area contributed by atoms with E-state index in [1.165, 1.54) is 7.05 Å². The normalized spacial score (nSPS) is 18.1. The Morgan fingerprint density at radius 3 is 2.72 bits per heavy atom. The summed E-state index contributed by atoms with van der Waals surface area (Å²) in [5.74, 6) is 0.816. The fourth-order valence-electron chi connectivity index (χ4n) is 3.13. The van der Waals surface area contributed by atoms with Crippen LogP contribution in [0.3, 0.4) is 0 Å². The molecule has 0 spiro atoms. The van der Waals surface area contributed by atoms with Crippen molar-refractivity contribution in [3.8, 4) is 0 Å². The number of aromatic nitrogens is 2. The van der Waals surface area contributed by atoms with Crippen LogP contribution in [-0.4, -0.2) is 62.3 Å². The van der Waals surface area contributed by atoms with Crippen molar-refractivity contribution in [2.75, 3.05) is 33.3 Å². The molecule has 158 valence electrons. The van der Waals surface area contributed by atoms with Crippen molar-refractivity contribution in [3.05, 3.63) is 47.8 Å². The lowest BCUT2D eigenvalue weighted by molar-refractivity contribution is -0.00805. The van der Waals surface area contributed by atoms with Crippen LogP contribution < -0.4 is 10.0 Å². The van der Waals surface area contributed by atoms with E-state index < -0.39 is 10.0 Å². The quantitative estimate of drug-likeness (QED) is 0.531. The van der Waals surface area contributed by atoms with Gasteiger partial charge in [0, 0.05) is 31.9 Å². The maximum atomic E-state index is 11.8. The number of hydrogen-bond donors (Lipinski definition) is 2.